The summed E-state index contributed by atoms with van der Waals surface area (Å²) in [4.78, 5) is 33.8. The van der Waals surface area contributed by atoms with Crippen LogP contribution in [0.3, 0.4) is 0 Å². The number of rotatable bonds is 4. The third-order valence-corrected chi connectivity index (χ3v) is 6.43. The first-order valence-corrected chi connectivity index (χ1v) is 10.9. The van der Waals surface area contributed by atoms with Crippen LogP contribution in [0, 0.1) is 5.92 Å². The molecule has 1 atom stereocenters. The number of aromatic nitrogens is 1. The Labute approximate surface area is 178 Å². The second kappa shape index (κ2) is 8.96. The third-order valence-electron chi connectivity index (χ3n) is 6.43. The van der Waals surface area contributed by atoms with E-state index in [1.54, 1.807) is 12.1 Å². The zero-order valence-electron chi connectivity index (χ0n) is 17.6. The van der Waals surface area contributed by atoms with Crippen molar-refractivity contribution in [1.29, 1.82) is 0 Å². The quantitative estimate of drug-likeness (QED) is 0.847. The molecule has 6 heteroatoms. The van der Waals surface area contributed by atoms with Gasteiger partial charge in [-0.15, -0.1) is 0 Å². The van der Waals surface area contributed by atoms with E-state index >= 15 is 0 Å². The molecular weight excluding hydrogens is 376 g/mol. The van der Waals surface area contributed by atoms with E-state index in [9.17, 15) is 9.59 Å². The topological polar surface area (TPSA) is 79.5 Å². The lowest BCUT2D eigenvalue weighted by Gasteiger charge is -2.37. The minimum atomic E-state index is -0.441. The van der Waals surface area contributed by atoms with Crippen LogP contribution in [0.15, 0.2) is 42.5 Å². The van der Waals surface area contributed by atoms with E-state index in [4.69, 9.17) is 10.7 Å². The maximum absolute atomic E-state index is 13.1. The predicted molar refractivity (Wildman–Crippen MR) is 117 cm³/mol. The van der Waals surface area contributed by atoms with Crippen molar-refractivity contribution in [2.45, 2.75) is 31.6 Å². The number of amides is 2. The van der Waals surface area contributed by atoms with Crippen molar-refractivity contribution in [1.82, 2.24) is 14.8 Å². The Morgan fingerprint density at radius 1 is 1.03 bits per heavy atom. The molecule has 2 N–H and O–H groups in total. The molecule has 0 radical (unpaired) electrons. The molecule has 2 aromatic rings. The van der Waals surface area contributed by atoms with Crippen molar-refractivity contribution in [3.63, 3.8) is 0 Å². The Hall–Kier alpha value is -2.73. The average Bonchev–Trinajstić information content (AvgIpc) is 2.79. The summed E-state index contributed by atoms with van der Waals surface area (Å²) in [6.45, 7) is 3.59. The highest BCUT2D eigenvalue weighted by molar-refractivity contribution is 5.94. The highest BCUT2D eigenvalue weighted by atomic mass is 16.2. The van der Waals surface area contributed by atoms with Crippen LogP contribution in [0.25, 0.3) is 11.3 Å². The summed E-state index contributed by atoms with van der Waals surface area (Å²) in [5.74, 6) is 0.283. The summed E-state index contributed by atoms with van der Waals surface area (Å²) in [6, 6.07) is 13.3. The van der Waals surface area contributed by atoms with E-state index < -0.39 is 5.91 Å². The first-order valence-electron chi connectivity index (χ1n) is 10.9. The Kier molecular flexibility index (Phi) is 6.13. The van der Waals surface area contributed by atoms with Gasteiger partial charge >= 0.3 is 0 Å². The van der Waals surface area contributed by atoms with Crippen LogP contribution >= 0.6 is 0 Å². The normalized spacial score (nSPS) is 20.8. The molecule has 0 saturated carbocycles. The Balaban J connectivity index is 1.49. The lowest BCUT2D eigenvalue weighted by molar-refractivity contribution is -0.138. The van der Waals surface area contributed by atoms with Gasteiger partial charge in [-0.1, -0.05) is 18.2 Å². The van der Waals surface area contributed by atoms with Crippen molar-refractivity contribution in [2.24, 2.45) is 11.7 Å². The number of benzene rings is 1. The number of nitrogens with two attached hydrogens (primary N) is 1. The zero-order valence-corrected chi connectivity index (χ0v) is 17.6. The molecule has 158 valence electrons. The standard InChI is InChI=1S/C24H30N4O2/c1-27-13-10-17(11-14-27)24(30)28-12-4-7-20(16-28)22-9-3-8-21(26-22)18-5-2-6-19(15-18)23(25)29/h2-3,5-6,8-9,15,17,20H,4,7,10-14,16H2,1H3,(H2,25,29)/t20-/m1/s1. The van der Waals surface area contributed by atoms with Crippen molar-refractivity contribution >= 4 is 11.8 Å². The fraction of sp³-hybridized carbons (Fsp3) is 0.458. The van der Waals surface area contributed by atoms with Gasteiger partial charge < -0.3 is 15.5 Å². The van der Waals surface area contributed by atoms with E-state index in [1.807, 2.05) is 24.3 Å². The number of carbonyl (C=O) groups is 2. The number of likely N-dealkylation sites (tertiary alicyclic amines) is 2. The maximum atomic E-state index is 13.1. The van der Waals surface area contributed by atoms with Crippen LogP contribution in [0.2, 0.25) is 0 Å². The van der Waals surface area contributed by atoms with Crippen LogP contribution in [0.5, 0.6) is 0 Å². The molecule has 4 rings (SSSR count). The van der Waals surface area contributed by atoms with Gasteiger partial charge in [-0.25, -0.2) is 0 Å². The summed E-state index contributed by atoms with van der Waals surface area (Å²) in [7, 11) is 2.12. The van der Waals surface area contributed by atoms with Crippen LogP contribution in [0.1, 0.15) is 47.7 Å². The number of carbonyl (C=O) groups excluding carboxylic acids is 2. The van der Waals surface area contributed by atoms with Gasteiger partial charge in [0.25, 0.3) is 0 Å². The highest BCUT2D eigenvalue weighted by Gasteiger charge is 2.31. The molecule has 0 bridgehead atoms. The first-order chi connectivity index (χ1) is 14.5. The van der Waals surface area contributed by atoms with Crippen LogP contribution in [0.4, 0.5) is 0 Å². The van der Waals surface area contributed by atoms with Crippen molar-refractivity contribution in [3.8, 4) is 11.3 Å². The first kappa shape index (κ1) is 20.5. The summed E-state index contributed by atoms with van der Waals surface area (Å²) >= 11 is 0. The van der Waals surface area contributed by atoms with Gasteiger partial charge in [-0.05, 0) is 70.1 Å². The summed E-state index contributed by atoms with van der Waals surface area (Å²) < 4.78 is 0. The van der Waals surface area contributed by atoms with Crippen LogP contribution in [-0.4, -0.2) is 59.8 Å². The van der Waals surface area contributed by atoms with Crippen LogP contribution < -0.4 is 5.73 Å². The molecule has 2 aliphatic rings. The lowest BCUT2D eigenvalue weighted by atomic mass is 9.90. The Morgan fingerprint density at radius 3 is 2.57 bits per heavy atom. The minimum Gasteiger partial charge on any atom is -0.366 e. The molecule has 30 heavy (non-hydrogen) atoms. The number of hydrogen-bond acceptors (Lipinski definition) is 4. The molecule has 2 amide bonds. The van der Waals surface area contributed by atoms with Crippen molar-refractivity contribution < 1.29 is 9.59 Å². The fourth-order valence-corrected chi connectivity index (χ4v) is 4.60. The lowest BCUT2D eigenvalue weighted by Crippen LogP contribution is -2.45. The molecule has 0 spiro atoms. The second-order valence-corrected chi connectivity index (χ2v) is 8.59. The SMILES string of the molecule is CN1CCC(C(=O)N2CCC[C@@H](c3cccc(-c4cccc(C(N)=O)c4)n3)C2)CC1. The Bertz CT molecular complexity index is 921. The third kappa shape index (κ3) is 4.54. The van der Waals surface area contributed by atoms with Gasteiger partial charge in [0.1, 0.15) is 0 Å². The molecule has 3 heterocycles. The monoisotopic (exact) mass is 406 g/mol. The largest absolute Gasteiger partial charge is 0.366 e. The van der Waals surface area contributed by atoms with Gasteiger partial charge in [0.2, 0.25) is 11.8 Å². The van der Waals surface area contributed by atoms with Gasteiger partial charge in [-0.2, -0.15) is 0 Å². The van der Waals surface area contributed by atoms with E-state index in [0.29, 0.717) is 11.5 Å². The number of piperidine rings is 2. The molecule has 1 aromatic carbocycles. The predicted octanol–water partition coefficient (Wildman–Crippen LogP) is 2.90. The molecule has 2 saturated heterocycles. The van der Waals surface area contributed by atoms with E-state index in [-0.39, 0.29) is 11.8 Å². The van der Waals surface area contributed by atoms with E-state index in [0.717, 1.165) is 68.8 Å². The van der Waals surface area contributed by atoms with Gasteiger partial charge in [0, 0.05) is 41.7 Å². The van der Waals surface area contributed by atoms with Gasteiger partial charge in [0.05, 0.1) is 5.69 Å². The number of pyridine rings is 1. The fourth-order valence-electron chi connectivity index (χ4n) is 4.60. The van der Waals surface area contributed by atoms with E-state index in [2.05, 4.69) is 22.9 Å². The molecule has 2 fully saturated rings. The highest BCUT2D eigenvalue weighted by Crippen LogP contribution is 2.30. The maximum Gasteiger partial charge on any atom is 0.248 e. The number of primary amides is 1. The van der Waals surface area contributed by atoms with Gasteiger partial charge in [0.15, 0.2) is 0 Å². The molecule has 1 aromatic heterocycles. The molecule has 0 aliphatic carbocycles. The molecular formula is C24H30N4O2. The summed E-state index contributed by atoms with van der Waals surface area (Å²) in [6.07, 6.45) is 3.96. The van der Waals surface area contributed by atoms with Crippen molar-refractivity contribution in [3.05, 3.63) is 53.7 Å². The second-order valence-electron chi connectivity index (χ2n) is 8.59. The number of hydrogen-bond donors (Lipinski definition) is 1. The van der Waals surface area contributed by atoms with E-state index in [1.165, 1.54) is 0 Å². The van der Waals surface area contributed by atoms with Gasteiger partial charge in [-0.3, -0.25) is 14.6 Å². The Morgan fingerprint density at radius 2 is 1.80 bits per heavy atom. The number of nitrogens with zero attached hydrogens (tertiary/aromatic N) is 3. The smallest absolute Gasteiger partial charge is 0.248 e. The molecule has 6 nitrogen and oxygen atoms in total. The average molecular weight is 407 g/mol. The zero-order chi connectivity index (χ0) is 21.1. The summed E-state index contributed by atoms with van der Waals surface area (Å²) in [5, 5.41) is 0. The van der Waals surface area contributed by atoms with Crippen molar-refractivity contribution in [2.75, 3.05) is 33.2 Å². The molecule has 2 aliphatic heterocycles. The molecule has 0 unspecified atom stereocenters. The van der Waals surface area contributed by atoms with Crippen LogP contribution in [-0.2, 0) is 4.79 Å². The summed E-state index contributed by atoms with van der Waals surface area (Å²) in [5.41, 5.74) is 8.62. The minimum absolute atomic E-state index is 0.163.